The van der Waals surface area contributed by atoms with Crippen molar-refractivity contribution in [3.63, 3.8) is 0 Å². The highest BCUT2D eigenvalue weighted by molar-refractivity contribution is 5.67. The van der Waals surface area contributed by atoms with Crippen LogP contribution in [0.15, 0.2) is 40.6 Å². The first-order valence-electron chi connectivity index (χ1n) is 8.05. The van der Waals surface area contributed by atoms with Crippen LogP contribution >= 0.6 is 0 Å². The number of hydrogen-bond acceptors (Lipinski definition) is 5. The van der Waals surface area contributed by atoms with E-state index in [1.807, 2.05) is 51.1 Å². The Balaban J connectivity index is 2.00. The Hall–Kier alpha value is -3.47. The molecular formula is C18H19N7O. The number of hydrogen-bond donors (Lipinski definition) is 2. The van der Waals surface area contributed by atoms with Gasteiger partial charge in [0.25, 0.3) is 5.69 Å². The van der Waals surface area contributed by atoms with Crippen LogP contribution in [0.5, 0.6) is 5.88 Å². The van der Waals surface area contributed by atoms with Crippen molar-refractivity contribution in [1.29, 1.82) is 0 Å². The molecule has 3 rings (SSSR count). The van der Waals surface area contributed by atoms with Crippen molar-refractivity contribution < 1.29 is 5.11 Å². The van der Waals surface area contributed by atoms with Crippen molar-refractivity contribution in [3.05, 3.63) is 53.1 Å². The second-order valence-corrected chi connectivity index (χ2v) is 6.84. The van der Waals surface area contributed by atoms with Crippen molar-refractivity contribution in [2.75, 3.05) is 0 Å². The van der Waals surface area contributed by atoms with Crippen LogP contribution in [0.3, 0.4) is 0 Å². The summed E-state index contributed by atoms with van der Waals surface area (Å²) in [6.07, 6.45) is 0. The SMILES string of the molecule is [C-]#[N+]c1c(C(C)(C)C)n[nH]c1/N=N/c1c(C)nn(-c2ccccc2)c1O. The molecule has 0 fully saturated rings. The van der Waals surface area contributed by atoms with Gasteiger partial charge in [0.15, 0.2) is 11.5 Å². The summed E-state index contributed by atoms with van der Waals surface area (Å²) in [6.45, 7) is 15.0. The zero-order valence-corrected chi connectivity index (χ0v) is 15.0. The first kappa shape index (κ1) is 17.4. The van der Waals surface area contributed by atoms with Gasteiger partial charge in [-0.15, -0.1) is 10.2 Å². The Morgan fingerprint density at radius 3 is 2.50 bits per heavy atom. The maximum absolute atomic E-state index is 10.5. The molecule has 0 unspecified atom stereocenters. The van der Waals surface area contributed by atoms with Gasteiger partial charge in [-0.25, -0.2) is 4.85 Å². The number of H-pyrrole nitrogens is 1. The zero-order chi connectivity index (χ0) is 18.9. The number of para-hydroxylation sites is 1. The normalized spacial score (nSPS) is 11.8. The molecule has 2 N–H and O–H groups in total. The predicted octanol–water partition coefficient (Wildman–Crippen LogP) is 4.87. The second-order valence-electron chi connectivity index (χ2n) is 6.84. The van der Waals surface area contributed by atoms with Gasteiger partial charge < -0.3 is 5.11 Å². The third-order valence-electron chi connectivity index (χ3n) is 3.80. The van der Waals surface area contributed by atoms with Crippen LogP contribution in [0.2, 0.25) is 0 Å². The molecule has 8 nitrogen and oxygen atoms in total. The molecule has 0 radical (unpaired) electrons. The van der Waals surface area contributed by atoms with Crippen LogP contribution in [-0.2, 0) is 5.41 Å². The molecule has 0 bridgehead atoms. The molecule has 3 aromatic rings. The molecule has 0 amide bonds. The molecule has 0 aliphatic carbocycles. The van der Waals surface area contributed by atoms with Gasteiger partial charge in [0.05, 0.1) is 23.6 Å². The van der Waals surface area contributed by atoms with Crippen molar-refractivity contribution in [2.45, 2.75) is 33.1 Å². The van der Waals surface area contributed by atoms with E-state index < -0.39 is 0 Å². The maximum Gasteiger partial charge on any atom is 0.255 e. The Morgan fingerprint density at radius 1 is 1.19 bits per heavy atom. The highest BCUT2D eigenvalue weighted by atomic mass is 16.3. The van der Waals surface area contributed by atoms with Gasteiger partial charge in [0.1, 0.15) is 0 Å². The minimum absolute atomic E-state index is 0.114. The number of azo groups is 1. The van der Waals surface area contributed by atoms with Gasteiger partial charge in [-0.1, -0.05) is 39.0 Å². The molecule has 0 saturated heterocycles. The minimum Gasteiger partial charge on any atom is -0.492 e. The van der Waals surface area contributed by atoms with Crippen LogP contribution in [0, 0.1) is 13.5 Å². The molecule has 0 spiro atoms. The van der Waals surface area contributed by atoms with Gasteiger partial charge in [-0.05, 0) is 24.5 Å². The predicted molar refractivity (Wildman–Crippen MR) is 97.7 cm³/mol. The van der Waals surface area contributed by atoms with E-state index in [0.717, 1.165) is 0 Å². The average Bonchev–Trinajstić information content (AvgIpc) is 3.14. The molecule has 0 saturated carbocycles. The number of nitrogens with one attached hydrogen (secondary N) is 1. The van der Waals surface area contributed by atoms with E-state index in [2.05, 4.69) is 30.4 Å². The molecule has 2 heterocycles. The van der Waals surface area contributed by atoms with Gasteiger partial charge in [0, 0.05) is 0 Å². The van der Waals surface area contributed by atoms with E-state index in [1.54, 1.807) is 6.92 Å². The van der Waals surface area contributed by atoms with E-state index in [1.165, 1.54) is 4.68 Å². The molecule has 26 heavy (non-hydrogen) atoms. The van der Waals surface area contributed by atoms with Crippen LogP contribution < -0.4 is 0 Å². The summed E-state index contributed by atoms with van der Waals surface area (Å²) in [7, 11) is 0. The zero-order valence-electron chi connectivity index (χ0n) is 15.0. The smallest absolute Gasteiger partial charge is 0.255 e. The first-order chi connectivity index (χ1) is 12.3. The molecule has 132 valence electrons. The fourth-order valence-electron chi connectivity index (χ4n) is 2.50. The number of aromatic nitrogens is 4. The highest BCUT2D eigenvalue weighted by Crippen LogP contribution is 2.39. The monoisotopic (exact) mass is 349 g/mol. The third-order valence-corrected chi connectivity index (χ3v) is 3.80. The topological polar surface area (TPSA) is 95.8 Å². The van der Waals surface area contributed by atoms with Crippen molar-refractivity contribution >= 4 is 17.2 Å². The van der Waals surface area contributed by atoms with Gasteiger partial charge in [-0.3, -0.25) is 5.10 Å². The summed E-state index contributed by atoms with van der Waals surface area (Å²) < 4.78 is 1.40. The van der Waals surface area contributed by atoms with Gasteiger partial charge in [0.2, 0.25) is 5.88 Å². The second kappa shape index (κ2) is 6.44. The van der Waals surface area contributed by atoms with E-state index >= 15 is 0 Å². The fraction of sp³-hybridized carbons (Fsp3) is 0.278. The lowest BCUT2D eigenvalue weighted by Gasteiger charge is -2.15. The lowest BCUT2D eigenvalue weighted by molar-refractivity contribution is 0.434. The standard InChI is InChI=1S/C18H19N7O/c1-11-13(17(26)25(24-11)12-9-7-6-8-10-12)20-22-16-14(19-5)15(21-23-16)18(2,3)4/h6-10,26H,1-4H3,(H,21,23)/b22-20+. The molecule has 2 aromatic heterocycles. The highest BCUT2D eigenvalue weighted by Gasteiger charge is 2.25. The van der Waals surface area contributed by atoms with Crippen molar-refractivity contribution in [2.24, 2.45) is 10.2 Å². The summed E-state index contributed by atoms with van der Waals surface area (Å²) in [5.74, 6) is 0.147. The van der Waals surface area contributed by atoms with E-state index in [9.17, 15) is 5.11 Å². The summed E-state index contributed by atoms with van der Waals surface area (Å²) in [5, 5.41) is 29.9. The lowest BCUT2D eigenvalue weighted by Crippen LogP contribution is -2.11. The van der Waals surface area contributed by atoms with E-state index in [4.69, 9.17) is 6.57 Å². The molecular weight excluding hydrogens is 330 g/mol. The molecule has 0 aliphatic rings. The largest absolute Gasteiger partial charge is 0.492 e. The maximum atomic E-state index is 10.5. The number of aromatic hydroxyl groups is 1. The van der Waals surface area contributed by atoms with Crippen LogP contribution in [0.25, 0.3) is 10.5 Å². The van der Waals surface area contributed by atoms with Crippen LogP contribution in [0.4, 0.5) is 17.2 Å². The fourth-order valence-corrected chi connectivity index (χ4v) is 2.50. The quantitative estimate of drug-likeness (QED) is 0.521. The van der Waals surface area contributed by atoms with Crippen molar-refractivity contribution in [1.82, 2.24) is 20.0 Å². The van der Waals surface area contributed by atoms with Gasteiger partial charge in [-0.2, -0.15) is 14.9 Å². The summed E-state index contributed by atoms with van der Waals surface area (Å²) in [4.78, 5) is 3.53. The molecule has 1 aromatic carbocycles. The van der Waals surface area contributed by atoms with Crippen LogP contribution in [-0.4, -0.2) is 25.1 Å². The molecule has 8 heteroatoms. The Morgan fingerprint density at radius 2 is 1.88 bits per heavy atom. The average molecular weight is 349 g/mol. The summed E-state index contributed by atoms with van der Waals surface area (Å²) in [6, 6.07) is 9.25. The number of aryl methyl sites for hydroxylation is 1. The third kappa shape index (κ3) is 3.07. The van der Waals surface area contributed by atoms with Gasteiger partial charge >= 0.3 is 0 Å². The minimum atomic E-state index is -0.291. The lowest BCUT2D eigenvalue weighted by atomic mass is 9.91. The van der Waals surface area contributed by atoms with E-state index in [0.29, 0.717) is 22.8 Å². The summed E-state index contributed by atoms with van der Waals surface area (Å²) >= 11 is 0. The molecule has 0 aliphatic heterocycles. The first-order valence-corrected chi connectivity index (χ1v) is 8.05. The summed E-state index contributed by atoms with van der Waals surface area (Å²) in [5.41, 5.74) is 2.15. The Bertz CT molecular complexity index is 1000. The molecule has 0 atom stereocenters. The Labute approximate surface area is 151 Å². The van der Waals surface area contributed by atoms with Crippen LogP contribution in [0.1, 0.15) is 32.2 Å². The number of nitrogens with zero attached hydrogens (tertiary/aromatic N) is 6. The Kier molecular flexibility index (Phi) is 4.30. The van der Waals surface area contributed by atoms with Crippen molar-refractivity contribution in [3.8, 4) is 11.6 Å². The number of rotatable bonds is 3. The number of benzene rings is 1. The number of aromatic amines is 1. The van der Waals surface area contributed by atoms with E-state index in [-0.39, 0.29) is 22.8 Å².